The van der Waals surface area contributed by atoms with Gasteiger partial charge in [0.15, 0.2) is 0 Å². The van der Waals surface area contributed by atoms with Crippen LogP contribution in [0, 0.1) is 23.7 Å². The third kappa shape index (κ3) is 7.19. The lowest BCUT2D eigenvalue weighted by Gasteiger charge is -2.37. The SMILES string of the molecule is CC(C)CC#Cc1ccc2c(c1)O[C@@H](CN(C)C(=O)CN(C)C)[C@H](C)CN([C@H](C)CO)S2(=O)=O. The van der Waals surface area contributed by atoms with E-state index in [4.69, 9.17) is 4.74 Å². The van der Waals surface area contributed by atoms with Crippen LogP contribution >= 0.6 is 0 Å². The van der Waals surface area contributed by atoms with E-state index in [-0.39, 0.29) is 42.2 Å². The van der Waals surface area contributed by atoms with Crippen molar-refractivity contribution in [2.24, 2.45) is 11.8 Å². The van der Waals surface area contributed by atoms with Crippen LogP contribution in [0.5, 0.6) is 5.75 Å². The number of benzene rings is 1. The number of aliphatic hydroxyl groups excluding tert-OH is 1. The summed E-state index contributed by atoms with van der Waals surface area (Å²) in [4.78, 5) is 16.0. The molecule has 0 bridgehead atoms. The van der Waals surface area contributed by atoms with Gasteiger partial charge in [-0.05, 0) is 45.1 Å². The fourth-order valence-electron chi connectivity index (χ4n) is 3.64. The molecule has 1 amide bonds. The average Bonchev–Trinajstić information content (AvgIpc) is 2.74. The summed E-state index contributed by atoms with van der Waals surface area (Å²) in [6, 6.07) is 4.27. The molecule has 1 aliphatic heterocycles. The quantitative estimate of drug-likeness (QED) is 0.584. The van der Waals surface area contributed by atoms with E-state index in [1.165, 1.54) is 10.4 Å². The lowest BCUT2D eigenvalue weighted by molar-refractivity contribution is -0.132. The number of carbonyl (C=O) groups is 1. The number of ether oxygens (including phenoxy) is 1. The second kappa shape index (κ2) is 12.0. The molecule has 190 valence electrons. The Bertz CT molecular complexity index is 1010. The number of rotatable bonds is 7. The Balaban J connectivity index is 2.50. The summed E-state index contributed by atoms with van der Waals surface area (Å²) in [5, 5.41) is 9.76. The molecule has 2 rings (SSSR count). The summed E-state index contributed by atoms with van der Waals surface area (Å²) in [5.74, 6) is 6.58. The molecule has 0 aliphatic carbocycles. The van der Waals surface area contributed by atoms with E-state index in [0.717, 1.165) is 6.42 Å². The molecule has 1 N–H and O–H groups in total. The highest BCUT2D eigenvalue weighted by atomic mass is 32.2. The Morgan fingerprint density at radius 1 is 1.26 bits per heavy atom. The largest absolute Gasteiger partial charge is 0.487 e. The van der Waals surface area contributed by atoms with Crippen LogP contribution in [0.2, 0.25) is 0 Å². The number of aliphatic hydroxyl groups is 1. The first kappa shape index (κ1) is 28.1. The predicted molar refractivity (Wildman–Crippen MR) is 133 cm³/mol. The molecule has 0 unspecified atom stereocenters. The van der Waals surface area contributed by atoms with Crippen LogP contribution < -0.4 is 4.74 Å². The van der Waals surface area contributed by atoms with Gasteiger partial charge in [0.25, 0.3) is 0 Å². The first-order valence-electron chi connectivity index (χ1n) is 11.7. The van der Waals surface area contributed by atoms with Crippen molar-refractivity contribution >= 4 is 15.9 Å². The van der Waals surface area contributed by atoms with Gasteiger partial charge in [-0.15, -0.1) is 0 Å². The molecule has 0 saturated carbocycles. The molecular formula is C25H39N3O5S. The van der Waals surface area contributed by atoms with E-state index < -0.39 is 22.2 Å². The number of amides is 1. The van der Waals surface area contributed by atoms with Crippen molar-refractivity contribution in [2.45, 2.75) is 51.2 Å². The van der Waals surface area contributed by atoms with Gasteiger partial charge in [0.05, 0.1) is 19.7 Å². The molecule has 1 aliphatic rings. The van der Waals surface area contributed by atoms with Gasteiger partial charge in [-0.1, -0.05) is 32.6 Å². The number of hydrogen-bond donors (Lipinski definition) is 1. The van der Waals surface area contributed by atoms with Gasteiger partial charge < -0.3 is 19.6 Å². The molecule has 0 fully saturated rings. The maximum atomic E-state index is 13.5. The van der Waals surface area contributed by atoms with Crippen LogP contribution in [0.3, 0.4) is 0 Å². The molecule has 34 heavy (non-hydrogen) atoms. The zero-order valence-corrected chi connectivity index (χ0v) is 22.2. The molecule has 3 atom stereocenters. The predicted octanol–water partition coefficient (Wildman–Crippen LogP) is 1.87. The fourth-order valence-corrected chi connectivity index (χ4v) is 5.47. The molecule has 8 nitrogen and oxygen atoms in total. The number of nitrogens with zero attached hydrogens (tertiary/aromatic N) is 3. The molecule has 1 heterocycles. The third-order valence-corrected chi connectivity index (χ3v) is 7.76. The Morgan fingerprint density at radius 2 is 1.94 bits per heavy atom. The van der Waals surface area contributed by atoms with Gasteiger partial charge in [0.2, 0.25) is 15.9 Å². The highest BCUT2D eigenvalue weighted by Crippen LogP contribution is 2.34. The second-order valence-corrected chi connectivity index (χ2v) is 11.7. The highest BCUT2D eigenvalue weighted by Gasteiger charge is 2.38. The van der Waals surface area contributed by atoms with Crippen LogP contribution in [-0.2, 0) is 14.8 Å². The monoisotopic (exact) mass is 493 g/mol. The third-order valence-electron chi connectivity index (χ3n) is 5.74. The van der Waals surface area contributed by atoms with Gasteiger partial charge in [-0.25, -0.2) is 8.42 Å². The van der Waals surface area contributed by atoms with Crippen LogP contribution in [0.1, 0.15) is 39.7 Å². The Morgan fingerprint density at radius 3 is 2.53 bits per heavy atom. The standard InChI is InChI=1S/C25H39N3O5S/c1-18(2)9-8-10-21-11-12-24-22(13-21)33-23(15-27(7)25(30)16-26(5)6)19(3)14-28(20(4)17-29)34(24,31)32/h11-13,18-20,23,29H,9,14-17H2,1-7H3/t19-,20-,23+/m1/s1. The van der Waals surface area contributed by atoms with Crippen LogP contribution in [0.25, 0.3) is 0 Å². The summed E-state index contributed by atoms with van der Waals surface area (Å²) in [5.41, 5.74) is 0.667. The van der Waals surface area contributed by atoms with Crippen molar-refractivity contribution < 1.29 is 23.1 Å². The summed E-state index contributed by atoms with van der Waals surface area (Å²) < 4.78 is 34.7. The Hall–Kier alpha value is -2.12. The van der Waals surface area contributed by atoms with Crippen molar-refractivity contribution in [3.63, 3.8) is 0 Å². The topological polar surface area (TPSA) is 90.4 Å². The second-order valence-electron chi connectivity index (χ2n) is 9.81. The minimum Gasteiger partial charge on any atom is -0.487 e. The molecule has 0 radical (unpaired) electrons. The maximum Gasteiger partial charge on any atom is 0.247 e. The van der Waals surface area contributed by atoms with E-state index in [9.17, 15) is 18.3 Å². The molecule has 1 aromatic rings. The van der Waals surface area contributed by atoms with Crippen LogP contribution in [-0.4, -0.2) is 93.1 Å². The van der Waals surface area contributed by atoms with Crippen LogP contribution in [0.15, 0.2) is 23.1 Å². The lowest BCUT2D eigenvalue weighted by atomic mass is 10.0. The van der Waals surface area contributed by atoms with Crippen molar-refractivity contribution in [1.29, 1.82) is 0 Å². The number of sulfonamides is 1. The van der Waals surface area contributed by atoms with Crippen molar-refractivity contribution in [2.75, 3.05) is 47.4 Å². The summed E-state index contributed by atoms with van der Waals surface area (Å²) >= 11 is 0. The van der Waals surface area contributed by atoms with E-state index in [2.05, 4.69) is 25.7 Å². The number of hydrogen-bond acceptors (Lipinski definition) is 6. The molecule has 1 aromatic carbocycles. The van der Waals surface area contributed by atoms with E-state index >= 15 is 0 Å². The average molecular weight is 494 g/mol. The Labute approximate surface area is 204 Å². The first-order chi connectivity index (χ1) is 15.9. The minimum absolute atomic E-state index is 0.0429. The smallest absolute Gasteiger partial charge is 0.247 e. The normalized spacial score (nSPS) is 21.0. The van der Waals surface area contributed by atoms with Gasteiger partial charge in [0.1, 0.15) is 16.7 Å². The number of carbonyl (C=O) groups excluding carboxylic acids is 1. The highest BCUT2D eigenvalue weighted by molar-refractivity contribution is 7.89. The van der Waals surface area contributed by atoms with Gasteiger partial charge >= 0.3 is 0 Å². The number of fused-ring (bicyclic) bond motifs is 1. The van der Waals surface area contributed by atoms with Crippen molar-refractivity contribution in [1.82, 2.24) is 14.1 Å². The summed E-state index contributed by atoms with van der Waals surface area (Å²) in [7, 11) is 1.48. The van der Waals surface area contributed by atoms with E-state index in [1.807, 2.05) is 21.0 Å². The molecule has 0 aromatic heterocycles. The van der Waals surface area contributed by atoms with E-state index in [1.54, 1.807) is 35.9 Å². The van der Waals surface area contributed by atoms with Gasteiger partial charge in [0, 0.05) is 37.5 Å². The molecular weight excluding hydrogens is 454 g/mol. The van der Waals surface area contributed by atoms with E-state index in [0.29, 0.717) is 18.0 Å². The summed E-state index contributed by atoms with van der Waals surface area (Å²) in [6.45, 7) is 8.19. The van der Waals surface area contributed by atoms with Crippen molar-refractivity contribution in [3.8, 4) is 17.6 Å². The maximum absolute atomic E-state index is 13.5. The van der Waals surface area contributed by atoms with Crippen LogP contribution in [0.4, 0.5) is 0 Å². The number of likely N-dealkylation sites (N-methyl/N-ethyl adjacent to an activating group) is 2. The lowest BCUT2D eigenvalue weighted by Crippen LogP contribution is -2.50. The van der Waals surface area contributed by atoms with Crippen molar-refractivity contribution in [3.05, 3.63) is 23.8 Å². The fraction of sp³-hybridized carbons (Fsp3) is 0.640. The first-order valence-corrected chi connectivity index (χ1v) is 13.1. The zero-order valence-electron chi connectivity index (χ0n) is 21.4. The molecule has 0 spiro atoms. The van der Waals surface area contributed by atoms with Gasteiger partial charge in [-0.2, -0.15) is 4.31 Å². The molecule has 0 saturated heterocycles. The molecule has 9 heteroatoms. The van der Waals surface area contributed by atoms with Gasteiger partial charge in [-0.3, -0.25) is 4.79 Å². The Kier molecular flexibility index (Phi) is 9.95. The minimum atomic E-state index is -3.91. The zero-order chi connectivity index (χ0) is 25.6. The summed E-state index contributed by atoms with van der Waals surface area (Å²) in [6.07, 6.45) is 0.286.